The van der Waals surface area contributed by atoms with Gasteiger partial charge in [0.15, 0.2) is 5.82 Å². The first kappa shape index (κ1) is 12.8. The van der Waals surface area contributed by atoms with Crippen LogP contribution < -0.4 is 5.32 Å². The highest BCUT2D eigenvalue weighted by atomic mass is 35.5. The van der Waals surface area contributed by atoms with Crippen LogP contribution in [0, 0.1) is 19.7 Å². The normalized spacial score (nSPS) is 10.5. The fourth-order valence-electron chi connectivity index (χ4n) is 1.65. The van der Waals surface area contributed by atoms with Gasteiger partial charge in [-0.15, -0.1) is 0 Å². The lowest BCUT2D eigenvalue weighted by Crippen LogP contribution is -2.03. The molecule has 1 heterocycles. The summed E-state index contributed by atoms with van der Waals surface area (Å²) in [5, 5.41) is 3.30. The molecule has 0 atom stereocenters. The van der Waals surface area contributed by atoms with Gasteiger partial charge >= 0.3 is 0 Å². The number of aryl methyl sites for hydroxylation is 2. The molecule has 0 radical (unpaired) electrons. The van der Waals surface area contributed by atoms with E-state index in [4.69, 9.17) is 11.6 Å². The Morgan fingerprint density at radius 3 is 2.44 bits per heavy atom. The van der Waals surface area contributed by atoms with Gasteiger partial charge in [-0.25, -0.2) is 14.4 Å². The van der Waals surface area contributed by atoms with Gasteiger partial charge in [-0.1, -0.05) is 11.6 Å². The number of benzene rings is 1. The van der Waals surface area contributed by atoms with Crippen LogP contribution >= 0.6 is 11.6 Å². The predicted molar refractivity (Wildman–Crippen MR) is 71.5 cm³/mol. The van der Waals surface area contributed by atoms with Gasteiger partial charge in [0.05, 0.1) is 16.4 Å². The van der Waals surface area contributed by atoms with Gasteiger partial charge in [0.1, 0.15) is 11.5 Å². The quantitative estimate of drug-likeness (QED) is 0.902. The zero-order chi connectivity index (χ0) is 13.3. The van der Waals surface area contributed by atoms with Gasteiger partial charge < -0.3 is 5.32 Å². The summed E-state index contributed by atoms with van der Waals surface area (Å²) in [5.41, 5.74) is 2.97. The molecule has 18 heavy (non-hydrogen) atoms. The minimum Gasteiger partial charge on any atom is -0.371 e. The number of aromatic nitrogens is 2. The summed E-state index contributed by atoms with van der Waals surface area (Å²) in [6.45, 7) is 3.77. The Hall–Kier alpha value is -1.68. The summed E-state index contributed by atoms with van der Waals surface area (Å²) in [6, 6.07) is 4.24. The molecule has 0 aliphatic heterocycles. The van der Waals surface area contributed by atoms with Gasteiger partial charge in [0.2, 0.25) is 0 Å². The van der Waals surface area contributed by atoms with Crippen molar-refractivity contribution in [3.8, 4) is 11.3 Å². The molecule has 2 rings (SSSR count). The highest BCUT2D eigenvalue weighted by Crippen LogP contribution is 2.31. The first-order chi connectivity index (χ1) is 8.52. The van der Waals surface area contributed by atoms with Crippen molar-refractivity contribution < 1.29 is 4.39 Å². The highest BCUT2D eigenvalue weighted by molar-refractivity contribution is 6.33. The second kappa shape index (κ2) is 4.90. The number of nitrogens with one attached hydrogen (secondary N) is 1. The fourth-order valence-corrected chi connectivity index (χ4v) is 1.90. The molecule has 0 saturated carbocycles. The smallest absolute Gasteiger partial charge is 0.152 e. The van der Waals surface area contributed by atoms with Crippen molar-refractivity contribution in [3.63, 3.8) is 0 Å². The second-order valence-electron chi connectivity index (χ2n) is 3.97. The van der Waals surface area contributed by atoms with E-state index in [9.17, 15) is 4.39 Å². The van der Waals surface area contributed by atoms with E-state index >= 15 is 0 Å². The third kappa shape index (κ3) is 2.29. The van der Waals surface area contributed by atoms with Crippen LogP contribution in [0.4, 0.5) is 10.2 Å². The van der Waals surface area contributed by atoms with E-state index in [1.54, 1.807) is 13.1 Å². The van der Waals surface area contributed by atoms with Crippen molar-refractivity contribution in [1.82, 2.24) is 9.97 Å². The van der Waals surface area contributed by atoms with Gasteiger partial charge in [-0.2, -0.15) is 0 Å². The van der Waals surface area contributed by atoms with E-state index in [-0.39, 0.29) is 5.82 Å². The maximum Gasteiger partial charge on any atom is 0.152 e. The molecule has 1 aromatic heterocycles. The molecule has 0 aliphatic rings. The molecule has 3 nitrogen and oxygen atoms in total. The second-order valence-corrected chi connectivity index (χ2v) is 4.37. The number of rotatable bonds is 2. The van der Waals surface area contributed by atoms with Gasteiger partial charge in [0, 0.05) is 12.6 Å². The van der Waals surface area contributed by atoms with Crippen LogP contribution in [0.2, 0.25) is 5.02 Å². The van der Waals surface area contributed by atoms with E-state index in [0.717, 1.165) is 11.4 Å². The molecule has 94 valence electrons. The highest BCUT2D eigenvalue weighted by Gasteiger charge is 2.13. The molecule has 0 spiro atoms. The lowest BCUT2D eigenvalue weighted by Gasteiger charge is -2.11. The van der Waals surface area contributed by atoms with Gasteiger partial charge in [0.25, 0.3) is 0 Å². The first-order valence-electron chi connectivity index (χ1n) is 5.51. The van der Waals surface area contributed by atoms with Crippen LogP contribution in [0.5, 0.6) is 0 Å². The Bertz CT molecular complexity index is 599. The standard InChI is InChI=1S/C13H13ClFN3/c1-7-8(2)18-13(16-3)12(17-7)10-5-4-9(15)6-11(10)14/h4-6H,1-3H3,(H,16,18). The largest absolute Gasteiger partial charge is 0.371 e. The Kier molecular flexibility index (Phi) is 3.48. The van der Waals surface area contributed by atoms with Gasteiger partial charge in [-0.05, 0) is 32.0 Å². The summed E-state index contributed by atoms with van der Waals surface area (Å²) in [5.74, 6) is 0.262. The summed E-state index contributed by atoms with van der Waals surface area (Å²) in [4.78, 5) is 8.88. The van der Waals surface area contributed by atoms with Crippen molar-refractivity contribution in [2.24, 2.45) is 0 Å². The number of nitrogens with zero attached hydrogens (tertiary/aromatic N) is 2. The molecule has 1 aromatic carbocycles. The molecule has 0 unspecified atom stereocenters. The molecule has 0 aliphatic carbocycles. The average molecular weight is 266 g/mol. The van der Waals surface area contributed by atoms with Crippen LogP contribution in [-0.2, 0) is 0 Å². The van der Waals surface area contributed by atoms with Crippen molar-refractivity contribution >= 4 is 17.4 Å². The average Bonchev–Trinajstić information content (AvgIpc) is 2.32. The third-order valence-corrected chi connectivity index (χ3v) is 3.04. The molecule has 0 fully saturated rings. The van der Waals surface area contributed by atoms with Crippen LogP contribution in [0.1, 0.15) is 11.4 Å². The molecule has 0 saturated heterocycles. The lowest BCUT2D eigenvalue weighted by atomic mass is 10.1. The number of hydrogen-bond donors (Lipinski definition) is 1. The van der Waals surface area contributed by atoms with E-state index in [0.29, 0.717) is 22.1 Å². The van der Waals surface area contributed by atoms with Gasteiger partial charge in [-0.3, -0.25) is 0 Å². The summed E-state index contributed by atoms with van der Waals surface area (Å²) in [7, 11) is 1.76. The molecule has 5 heteroatoms. The van der Waals surface area contributed by atoms with E-state index in [1.807, 2.05) is 13.8 Å². The van der Waals surface area contributed by atoms with Crippen LogP contribution in [0.15, 0.2) is 18.2 Å². The van der Waals surface area contributed by atoms with Crippen molar-refractivity contribution in [2.45, 2.75) is 13.8 Å². The minimum atomic E-state index is -0.369. The lowest BCUT2D eigenvalue weighted by molar-refractivity contribution is 0.628. The SMILES string of the molecule is CNc1nc(C)c(C)nc1-c1ccc(F)cc1Cl. The molecular formula is C13H13ClFN3. The summed E-state index contributed by atoms with van der Waals surface area (Å²) in [6.07, 6.45) is 0. The Morgan fingerprint density at radius 1 is 1.17 bits per heavy atom. The van der Waals surface area contributed by atoms with Crippen LogP contribution in [0.3, 0.4) is 0 Å². The van der Waals surface area contributed by atoms with E-state index < -0.39 is 0 Å². The molecule has 0 amide bonds. The number of anilines is 1. The van der Waals surface area contributed by atoms with E-state index in [2.05, 4.69) is 15.3 Å². The molecule has 0 bridgehead atoms. The number of hydrogen-bond acceptors (Lipinski definition) is 3. The van der Waals surface area contributed by atoms with Crippen LogP contribution in [0.25, 0.3) is 11.3 Å². The van der Waals surface area contributed by atoms with Crippen LogP contribution in [-0.4, -0.2) is 17.0 Å². The Morgan fingerprint density at radius 2 is 1.83 bits per heavy atom. The first-order valence-corrected chi connectivity index (χ1v) is 5.89. The van der Waals surface area contributed by atoms with Crippen molar-refractivity contribution in [1.29, 1.82) is 0 Å². The van der Waals surface area contributed by atoms with Crippen molar-refractivity contribution in [3.05, 3.63) is 40.4 Å². The Labute approximate surface area is 110 Å². The molecule has 1 N–H and O–H groups in total. The fraction of sp³-hybridized carbons (Fsp3) is 0.231. The third-order valence-electron chi connectivity index (χ3n) is 2.73. The molecule has 2 aromatic rings. The van der Waals surface area contributed by atoms with Crippen molar-refractivity contribution in [2.75, 3.05) is 12.4 Å². The monoisotopic (exact) mass is 265 g/mol. The maximum absolute atomic E-state index is 13.1. The summed E-state index contributed by atoms with van der Waals surface area (Å²) < 4.78 is 13.1. The zero-order valence-corrected chi connectivity index (χ0v) is 11.1. The molecular weight excluding hydrogens is 253 g/mol. The Balaban J connectivity index is 2.66. The number of halogens is 2. The summed E-state index contributed by atoms with van der Waals surface area (Å²) >= 11 is 6.05. The predicted octanol–water partition coefficient (Wildman–Crippen LogP) is 3.59. The topological polar surface area (TPSA) is 37.8 Å². The van der Waals surface area contributed by atoms with E-state index in [1.165, 1.54) is 12.1 Å². The minimum absolute atomic E-state index is 0.323. The maximum atomic E-state index is 13.1. The zero-order valence-electron chi connectivity index (χ0n) is 10.4.